The largest absolute Gasteiger partial charge is 0.469 e. The normalized spacial score (nSPS) is 11.8. The molecule has 0 bridgehead atoms. The molecule has 0 saturated carbocycles. The predicted octanol–water partition coefficient (Wildman–Crippen LogP) is 4.79. The first-order valence-corrected chi connectivity index (χ1v) is 9.33. The molecule has 0 radical (unpaired) electrons. The molecule has 1 heterocycles. The van der Waals surface area contributed by atoms with Gasteiger partial charge in [-0.2, -0.15) is 0 Å². The number of aromatic nitrogens is 1. The van der Waals surface area contributed by atoms with Crippen molar-refractivity contribution in [1.82, 2.24) is 4.98 Å². The zero-order valence-electron chi connectivity index (χ0n) is 15.3. The van der Waals surface area contributed by atoms with Crippen LogP contribution < -0.4 is 5.32 Å². The summed E-state index contributed by atoms with van der Waals surface area (Å²) in [4.78, 5) is 27.1. The van der Waals surface area contributed by atoms with Crippen LogP contribution in [0.15, 0.2) is 53.1 Å². The summed E-state index contributed by atoms with van der Waals surface area (Å²) in [5.74, 6) is -0.398. The summed E-state index contributed by atoms with van der Waals surface area (Å²) in [6.45, 7) is 1.93. The lowest BCUT2D eigenvalue weighted by Gasteiger charge is -2.18. The molecule has 8 heteroatoms. The van der Waals surface area contributed by atoms with Crippen LogP contribution in [-0.4, -0.2) is 23.0 Å². The van der Waals surface area contributed by atoms with Gasteiger partial charge < -0.3 is 10.1 Å². The summed E-state index contributed by atoms with van der Waals surface area (Å²) in [6, 6.07) is 13.0. The number of fused-ring (bicyclic) bond motifs is 1. The molecular weight excluding hydrogens is 426 g/mol. The molecule has 28 heavy (non-hydrogen) atoms. The zero-order chi connectivity index (χ0) is 20.3. The van der Waals surface area contributed by atoms with Crippen LogP contribution in [0.5, 0.6) is 0 Å². The third kappa shape index (κ3) is 4.12. The third-order valence-electron chi connectivity index (χ3n) is 4.44. The molecule has 1 atom stereocenters. The van der Waals surface area contributed by atoms with Crippen molar-refractivity contribution in [2.75, 3.05) is 12.4 Å². The average molecular weight is 444 g/mol. The molecule has 0 amide bonds. The van der Waals surface area contributed by atoms with Crippen molar-refractivity contribution in [3.8, 4) is 0 Å². The van der Waals surface area contributed by atoms with Crippen molar-refractivity contribution in [3.05, 3.63) is 74.4 Å². The number of pyridine rings is 1. The fraction of sp³-hybridized carbons (Fsp3) is 0.200. The number of ether oxygens (including phenoxy) is 1. The lowest BCUT2D eigenvalue weighted by molar-refractivity contribution is -0.384. The van der Waals surface area contributed by atoms with Gasteiger partial charge in [0.1, 0.15) is 11.9 Å². The molecule has 3 rings (SSSR count). The van der Waals surface area contributed by atoms with Gasteiger partial charge >= 0.3 is 11.7 Å². The van der Waals surface area contributed by atoms with Crippen molar-refractivity contribution >= 4 is 44.2 Å². The molecule has 1 N–H and O–H groups in total. The molecule has 0 aliphatic rings. The fourth-order valence-corrected chi connectivity index (χ4v) is 3.41. The van der Waals surface area contributed by atoms with Crippen LogP contribution >= 0.6 is 15.9 Å². The van der Waals surface area contributed by atoms with Crippen molar-refractivity contribution in [1.29, 1.82) is 0 Å². The van der Waals surface area contributed by atoms with E-state index in [0.29, 0.717) is 26.6 Å². The monoisotopic (exact) mass is 443 g/mol. The summed E-state index contributed by atoms with van der Waals surface area (Å²) < 4.78 is 5.43. The zero-order valence-corrected chi connectivity index (χ0v) is 16.9. The van der Waals surface area contributed by atoms with Gasteiger partial charge in [0, 0.05) is 15.9 Å². The molecule has 1 aromatic heterocycles. The average Bonchev–Trinajstić information content (AvgIpc) is 2.69. The first kappa shape index (κ1) is 19.8. The number of hydrogen-bond acceptors (Lipinski definition) is 6. The molecule has 2 aromatic carbocycles. The Morgan fingerprint density at radius 2 is 2.04 bits per heavy atom. The number of benzene rings is 2. The fourth-order valence-electron chi connectivity index (χ4n) is 2.94. The summed E-state index contributed by atoms with van der Waals surface area (Å²) >= 11 is 3.43. The Balaban J connectivity index is 2.13. The highest BCUT2D eigenvalue weighted by molar-refractivity contribution is 9.10. The van der Waals surface area contributed by atoms with E-state index in [4.69, 9.17) is 4.74 Å². The van der Waals surface area contributed by atoms with E-state index in [1.165, 1.54) is 13.3 Å². The van der Waals surface area contributed by atoms with Crippen LogP contribution in [0, 0.1) is 10.1 Å². The van der Waals surface area contributed by atoms with E-state index in [1.807, 2.05) is 37.3 Å². The van der Waals surface area contributed by atoms with E-state index in [-0.39, 0.29) is 18.2 Å². The maximum atomic E-state index is 11.7. The van der Waals surface area contributed by atoms with Crippen LogP contribution in [-0.2, 0) is 16.0 Å². The van der Waals surface area contributed by atoms with Crippen molar-refractivity contribution in [2.24, 2.45) is 0 Å². The van der Waals surface area contributed by atoms with Crippen molar-refractivity contribution in [3.63, 3.8) is 0 Å². The number of hydrogen-bond donors (Lipinski definition) is 1. The summed E-state index contributed by atoms with van der Waals surface area (Å²) in [6.07, 6.45) is 1.29. The van der Waals surface area contributed by atoms with E-state index < -0.39 is 10.9 Å². The molecule has 0 spiro atoms. The van der Waals surface area contributed by atoms with E-state index >= 15 is 0 Å². The van der Waals surface area contributed by atoms with Crippen molar-refractivity contribution in [2.45, 2.75) is 19.4 Å². The number of esters is 1. The standard InChI is InChI=1S/C20H18BrN3O4/c1-12(13-6-4-3-5-7-13)23-20-15-8-14(9-19(25)28-2)16(21)10-17(15)22-11-18(20)24(26)27/h3-8,10-12H,9H2,1-2H3,(H,22,23)/t12-/m1/s1. The van der Waals surface area contributed by atoms with Gasteiger partial charge in [-0.15, -0.1) is 0 Å². The van der Waals surface area contributed by atoms with Gasteiger partial charge in [-0.25, -0.2) is 4.98 Å². The Bertz CT molecular complexity index is 1040. The second kappa shape index (κ2) is 8.35. The SMILES string of the molecule is COC(=O)Cc1cc2c(N[C@H](C)c3ccccc3)c([N+](=O)[O-])cnc2cc1Br. The van der Waals surface area contributed by atoms with Gasteiger partial charge in [0.25, 0.3) is 0 Å². The summed E-state index contributed by atoms with van der Waals surface area (Å²) in [7, 11) is 1.32. The number of nitro groups is 1. The highest BCUT2D eigenvalue weighted by atomic mass is 79.9. The van der Waals surface area contributed by atoms with Gasteiger partial charge in [0.05, 0.1) is 24.0 Å². The smallest absolute Gasteiger partial charge is 0.311 e. The topological polar surface area (TPSA) is 94.4 Å². The Morgan fingerprint density at radius 3 is 2.68 bits per heavy atom. The van der Waals surface area contributed by atoms with Gasteiger partial charge in [-0.05, 0) is 30.2 Å². The molecule has 3 aromatic rings. The molecule has 7 nitrogen and oxygen atoms in total. The third-order valence-corrected chi connectivity index (χ3v) is 5.17. The number of nitrogens with one attached hydrogen (secondary N) is 1. The highest BCUT2D eigenvalue weighted by Crippen LogP contribution is 2.36. The van der Waals surface area contributed by atoms with Gasteiger partial charge in [0.15, 0.2) is 0 Å². The number of nitrogens with zero attached hydrogens (tertiary/aromatic N) is 2. The maximum absolute atomic E-state index is 11.7. The quantitative estimate of drug-likeness (QED) is 0.334. The first-order valence-electron chi connectivity index (χ1n) is 8.54. The maximum Gasteiger partial charge on any atom is 0.311 e. The minimum absolute atomic E-state index is 0.0450. The second-order valence-electron chi connectivity index (χ2n) is 6.27. The molecule has 0 saturated heterocycles. The Hall–Kier alpha value is -3.00. The van der Waals surface area contributed by atoms with Crippen molar-refractivity contribution < 1.29 is 14.5 Å². The van der Waals surface area contributed by atoms with E-state index in [1.54, 1.807) is 12.1 Å². The Morgan fingerprint density at radius 1 is 1.32 bits per heavy atom. The first-order chi connectivity index (χ1) is 13.4. The summed E-state index contributed by atoms with van der Waals surface area (Å²) in [5, 5.41) is 15.4. The lowest BCUT2D eigenvalue weighted by Crippen LogP contribution is -2.10. The number of carbonyl (C=O) groups is 1. The van der Waals surface area contributed by atoms with Gasteiger partial charge in [-0.3, -0.25) is 14.9 Å². The molecule has 0 fully saturated rings. The van der Waals surface area contributed by atoms with Crippen LogP contribution in [0.25, 0.3) is 10.9 Å². The van der Waals surface area contributed by atoms with Crippen LogP contribution in [0.2, 0.25) is 0 Å². The Kier molecular flexibility index (Phi) is 5.89. The predicted molar refractivity (Wildman–Crippen MR) is 110 cm³/mol. The molecule has 0 aliphatic carbocycles. The van der Waals surface area contributed by atoms with Crippen LogP contribution in [0.1, 0.15) is 24.1 Å². The molecule has 0 aliphatic heterocycles. The van der Waals surface area contributed by atoms with Crippen LogP contribution in [0.4, 0.5) is 11.4 Å². The highest BCUT2D eigenvalue weighted by Gasteiger charge is 2.22. The molecule has 144 valence electrons. The van der Waals surface area contributed by atoms with E-state index in [9.17, 15) is 14.9 Å². The number of methoxy groups -OCH3 is 1. The minimum atomic E-state index is -0.464. The molecular formula is C20H18BrN3O4. The molecule has 0 unspecified atom stereocenters. The lowest BCUT2D eigenvalue weighted by atomic mass is 10.0. The van der Waals surface area contributed by atoms with E-state index in [0.717, 1.165) is 5.56 Å². The Labute approximate surface area is 170 Å². The number of anilines is 1. The number of rotatable bonds is 6. The van der Waals surface area contributed by atoms with E-state index in [2.05, 4.69) is 26.2 Å². The van der Waals surface area contributed by atoms with Crippen LogP contribution in [0.3, 0.4) is 0 Å². The summed E-state index contributed by atoms with van der Waals surface area (Å²) in [5.41, 5.74) is 2.48. The van der Waals surface area contributed by atoms with Gasteiger partial charge in [0.2, 0.25) is 0 Å². The number of halogens is 1. The van der Waals surface area contributed by atoms with Gasteiger partial charge in [-0.1, -0.05) is 46.3 Å². The minimum Gasteiger partial charge on any atom is -0.469 e. The number of carbonyl (C=O) groups excluding carboxylic acids is 1. The second-order valence-corrected chi connectivity index (χ2v) is 7.12.